The van der Waals surface area contributed by atoms with Gasteiger partial charge in [0.2, 0.25) is 11.8 Å². The van der Waals surface area contributed by atoms with Gasteiger partial charge in [-0.3, -0.25) is 13.9 Å². The van der Waals surface area contributed by atoms with Gasteiger partial charge in [0.15, 0.2) is 0 Å². The molecule has 0 aliphatic rings. The Labute approximate surface area is 260 Å². The van der Waals surface area contributed by atoms with Gasteiger partial charge in [-0.2, -0.15) is 0 Å². The average molecular weight is 667 g/mol. The van der Waals surface area contributed by atoms with Crippen molar-refractivity contribution in [1.29, 1.82) is 0 Å². The molecule has 4 rings (SSSR count). The third-order valence-electron chi connectivity index (χ3n) is 6.83. The van der Waals surface area contributed by atoms with Crippen molar-refractivity contribution < 1.29 is 22.4 Å². The summed E-state index contributed by atoms with van der Waals surface area (Å²) >= 11 is 3.39. The monoisotopic (exact) mass is 665 g/mol. The van der Waals surface area contributed by atoms with Crippen LogP contribution in [0.3, 0.4) is 0 Å². The van der Waals surface area contributed by atoms with Crippen molar-refractivity contribution in [2.45, 2.75) is 37.2 Å². The summed E-state index contributed by atoms with van der Waals surface area (Å²) in [5.74, 6) is -1.60. The van der Waals surface area contributed by atoms with Crippen molar-refractivity contribution in [3.63, 3.8) is 0 Å². The second kappa shape index (κ2) is 14.9. The van der Waals surface area contributed by atoms with Crippen molar-refractivity contribution >= 4 is 43.5 Å². The Bertz CT molecular complexity index is 1640. The lowest BCUT2D eigenvalue weighted by molar-refractivity contribution is -0.140. The minimum atomic E-state index is -4.21. The van der Waals surface area contributed by atoms with Gasteiger partial charge in [0, 0.05) is 29.5 Å². The molecular formula is C33H33BrFN3O4S. The van der Waals surface area contributed by atoms with E-state index in [4.69, 9.17) is 0 Å². The topological polar surface area (TPSA) is 86.8 Å². The van der Waals surface area contributed by atoms with Crippen LogP contribution in [-0.4, -0.2) is 44.3 Å². The zero-order valence-electron chi connectivity index (χ0n) is 23.7. The van der Waals surface area contributed by atoms with Crippen LogP contribution in [0, 0.1) is 5.82 Å². The molecule has 0 fully saturated rings. The number of halogens is 2. The van der Waals surface area contributed by atoms with Crippen LogP contribution in [0.2, 0.25) is 0 Å². The van der Waals surface area contributed by atoms with Gasteiger partial charge in [-0.25, -0.2) is 12.8 Å². The summed E-state index contributed by atoms with van der Waals surface area (Å²) in [5.41, 5.74) is 1.26. The Morgan fingerprint density at radius 2 is 1.53 bits per heavy atom. The van der Waals surface area contributed by atoms with Crippen molar-refractivity contribution in [3.05, 3.63) is 131 Å². The molecule has 224 valence electrons. The molecule has 1 N–H and O–H groups in total. The smallest absolute Gasteiger partial charge is 0.264 e. The molecule has 4 aromatic rings. The molecule has 10 heteroatoms. The second-order valence-corrected chi connectivity index (χ2v) is 12.7. The first-order chi connectivity index (χ1) is 20.7. The van der Waals surface area contributed by atoms with Gasteiger partial charge < -0.3 is 10.2 Å². The zero-order valence-corrected chi connectivity index (χ0v) is 26.1. The van der Waals surface area contributed by atoms with Gasteiger partial charge in [0.05, 0.1) is 10.6 Å². The van der Waals surface area contributed by atoms with Crippen molar-refractivity contribution in [2.75, 3.05) is 17.4 Å². The molecule has 1 atom stereocenters. The fourth-order valence-electron chi connectivity index (χ4n) is 4.61. The highest BCUT2D eigenvalue weighted by Gasteiger charge is 2.35. The van der Waals surface area contributed by atoms with E-state index >= 15 is 0 Å². The number of carbonyl (C=O) groups is 2. The van der Waals surface area contributed by atoms with E-state index in [2.05, 4.69) is 21.2 Å². The van der Waals surface area contributed by atoms with Gasteiger partial charge in [-0.05, 0) is 48.4 Å². The molecule has 0 heterocycles. The third-order valence-corrected chi connectivity index (χ3v) is 9.11. The van der Waals surface area contributed by atoms with E-state index in [1.807, 2.05) is 37.3 Å². The van der Waals surface area contributed by atoms with Gasteiger partial charge >= 0.3 is 0 Å². The van der Waals surface area contributed by atoms with Crippen LogP contribution < -0.4 is 9.62 Å². The molecule has 0 unspecified atom stereocenters. The van der Waals surface area contributed by atoms with Crippen LogP contribution in [0.15, 0.2) is 119 Å². The number of anilines is 1. The summed E-state index contributed by atoms with van der Waals surface area (Å²) in [6.07, 6.45) is 0.829. The minimum absolute atomic E-state index is 0.00459. The first kappa shape index (κ1) is 31.9. The maximum absolute atomic E-state index is 14.9. The molecule has 0 aliphatic heterocycles. The normalized spacial score (nSPS) is 11.9. The predicted octanol–water partition coefficient (Wildman–Crippen LogP) is 5.95. The molecule has 4 aromatic carbocycles. The highest BCUT2D eigenvalue weighted by molar-refractivity contribution is 9.10. The molecule has 0 aromatic heterocycles. The molecule has 7 nitrogen and oxygen atoms in total. The second-order valence-electron chi connectivity index (χ2n) is 9.91. The standard InChI is InChI=1S/C33H33BrFN3O4S/c1-2-20-36-33(40)31(21-25-12-5-3-6-13-25)37(23-26-14-9-10-19-30(26)35)32(39)24-38(28-16-11-15-27(34)22-28)43(41,42)29-17-7-4-8-18-29/h3-19,22,31H,2,20-21,23-24H2,1H3,(H,36,40)/t31-/m1/s1. The Hall–Kier alpha value is -4.02. The van der Waals surface area contributed by atoms with E-state index in [0.29, 0.717) is 17.4 Å². The molecule has 0 spiro atoms. The highest BCUT2D eigenvalue weighted by atomic mass is 79.9. The molecule has 0 radical (unpaired) electrons. The number of carbonyl (C=O) groups excluding carboxylic acids is 2. The Balaban J connectivity index is 1.80. The first-order valence-electron chi connectivity index (χ1n) is 13.9. The summed E-state index contributed by atoms with van der Waals surface area (Å²) < 4.78 is 44.5. The molecular weight excluding hydrogens is 633 g/mol. The summed E-state index contributed by atoms with van der Waals surface area (Å²) in [6.45, 7) is 1.45. The average Bonchev–Trinajstić information content (AvgIpc) is 3.02. The molecule has 0 saturated heterocycles. The SMILES string of the molecule is CCCNC(=O)[C@@H](Cc1ccccc1)N(Cc1ccccc1F)C(=O)CN(c1cccc(Br)c1)S(=O)(=O)c1ccccc1. The number of hydrogen-bond acceptors (Lipinski definition) is 4. The minimum Gasteiger partial charge on any atom is -0.354 e. The largest absolute Gasteiger partial charge is 0.354 e. The summed E-state index contributed by atoms with van der Waals surface area (Å²) in [7, 11) is -4.21. The third kappa shape index (κ3) is 8.30. The number of rotatable bonds is 13. The number of amides is 2. The molecule has 0 bridgehead atoms. The summed E-state index contributed by atoms with van der Waals surface area (Å²) in [5, 5.41) is 2.87. The lowest BCUT2D eigenvalue weighted by Crippen LogP contribution is -2.53. The highest BCUT2D eigenvalue weighted by Crippen LogP contribution is 2.27. The number of benzene rings is 4. The summed E-state index contributed by atoms with van der Waals surface area (Å²) in [6, 6.07) is 28.6. The lowest BCUT2D eigenvalue weighted by atomic mass is 10.0. The van der Waals surface area contributed by atoms with Crippen LogP contribution >= 0.6 is 15.9 Å². The van der Waals surface area contributed by atoms with E-state index in [1.165, 1.54) is 23.1 Å². The first-order valence-corrected chi connectivity index (χ1v) is 16.1. The Morgan fingerprint density at radius 1 is 0.884 bits per heavy atom. The number of sulfonamides is 1. The number of hydrogen-bond donors (Lipinski definition) is 1. The van der Waals surface area contributed by atoms with Gasteiger partial charge in [-0.15, -0.1) is 0 Å². The predicted molar refractivity (Wildman–Crippen MR) is 169 cm³/mol. The van der Waals surface area contributed by atoms with E-state index in [1.54, 1.807) is 60.7 Å². The van der Waals surface area contributed by atoms with Crippen molar-refractivity contribution in [2.24, 2.45) is 0 Å². The zero-order chi connectivity index (χ0) is 30.8. The maximum atomic E-state index is 14.9. The van der Waals surface area contributed by atoms with E-state index in [9.17, 15) is 22.4 Å². The van der Waals surface area contributed by atoms with E-state index in [0.717, 1.165) is 9.87 Å². The fourth-order valence-corrected chi connectivity index (χ4v) is 6.42. The molecule has 2 amide bonds. The molecule has 0 saturated carbocycles. The van der Waals surface area contributed by atoms with E-state index < -0.39 is 40.2 Å². The Kier molecular flexibility index (Phi) is 11.1. The van der Waals surface area contributed by atoms with Crippen LogP contribution in [0.5, 0.6) is 0 Å². The van der Waals surface area contributed by atoms with Gasteiger partial charge in [-0.1, -0.05) is 95.7 Å². The van der Waals surface area contributed by atoms with Crippen LogP contribution in [0.4, 0.5) is 10.1 Å². The molecule has 0 aliphatic carbocycles. The fraction of sp³-hybridized carbons (Fsp3) is 0.212. The van der Waals surface area contributed by atoms with Gasteiger partial charge in [0.25, 0.3) is 10.0 Å². The van der Waals surface area contributed by atoms with Gasteiger partial charge in [0.1, 0.15) is 18.4 Å². The number of nitrogens with zero attached hydrogens (tertiary/aromatic N) is 2. The molecule has 43 heavy (non-hydrogen) atoms. The van der Waals surface area contributed by atoms with Crippen LogP contribution in [-0.2, 0) is 32.6 Å². The van der Waals surface area contributed by atoms with Crippen molar-refractivity contribution in [1.82, 2.24) is 10.2 Å². The quantitative estimate of drug-likeness (QED) is 0.191. The van der Waals surface area contributed by atoms with Crippen molar-refractivity contribution in [3.8, 4) is 0 Å². The maximum Gasteiger partial charge on any atom is 0.264 e. The van der Waals surface area contributed by atoms with Crippen LogP contribution in [0.1, 0.15) is 24.5 Å². The van der Waals surface area contributed by atoms with Crippen LogP contribution in [0.25, 0.3) is 0 Å². The summed E-state index contributed by atoms with van der Waals surface area (Å²) in [4.78, 5) is 29.2. The van der Waals surface area contributed by atoms with E-state index in [-0.39, 0.29) is 29.1 Å². The Morgan fingerprint density at radius 3 is 2.19 bits per heavy atom. The lowest BCUT2D eigenvalue weighted by Gasteiger charge is -2.34. The number of nitrogens with one attached hydrogen (secondary N) is 1.